The standard InChI is InChI=1S/C18H18Cl3N3O/c19-13-2-1-3-15(10-13)23-6-8-24(9-7-23)18(25)12-22-14-4-5-16(20)17(21)11-14/h1-5,10-11,22H,6-9,12H2. The van der Waals surface area contributed by atoms with E-state index in [2.05, 4.69) is 10.2 Å². The summed E-state index contributed by atoms with van der Waals surface area (Å²) in [6, 6.07) is 13.0. The third-order valence-corrected chi connectivity index (χ3v) is 5.14. The van der Waals surface area contributed by atoms with Crippen LogP contribution in [0, 0.1) is 0 Å². The van der Waals surface area contributed by atoms with Crippen LogP contribution in [-0.2, 0) is 4.79 Å². The van der Waals surface area contributed by atoms with Gasteiger partial charge in [0.1, 0.15) is 0 Å². The van der Waals surface area contributed by atoms with Crippen LogP contribution in [0.5, 0.6) is 0 Å². The number of benzene rings is 2. The van der Waals surface area contributed by atoms with Gasteiger partial charge in [0.05, 0.1) is 16.6 Å². The van der Waals surface area contributed by atoms with Gasteiger partial charge in [-0.1, -0.05) is 40.9 Å². The summed E-state index contributed by atoms with van der Waals surface area (Å²) in [5.41, 5.74) is 1.87. The molecule has 1 fully saturated rings. The maximum absolute atomic E-state index is 12.4. The number of nitrogens with zero attached hydrogens (tertiary/aromatic N) is 2. The fourth-order valence-corrected chi connectivity index (χ4v) is 3.27. The zero-order valence-corrected chi connectivity index (χ0v) is 15.8. The molecule has 7 heteroatoms. The Balaban J connectivity index is 1.50. The summed E-state index contributed by atoms with van der Waals surface area (Å²) in [7, 11) is 0. The second-order valence-corrected chi connectivity index (χ2v) is 7.08. The lowest BCUT2D eigenvalue weighted by Crippen LogP contribution is -2.50. The molecule has 3 rings (SSSR count). The highest BCUT2D eigenvalue weighted by Crippen LogP contribution is 2.25. The molecule has 2 aromatic rings. The second kappa shape index (κ2) is 8.17. The van der Waals surface area contributed by atoms with E-state index in [4.69, 9.17) is 34.8 Å². The van der Waals surface area contributed by atoms with Gasteiger partial charge in [-0.15, -0.1) is 0 Å². The van der Waals surface area contributed by atoms with Crippen molar-refractivity contribution in [1.29, 1.82) is 0 Å². The topological polar surface area (TPSA) is 35.6 Å². The third kappa shape index (κ3) is 4.72. The Morgan fingerprint density at radius 3 is 2.40 bits per heavy atom. The molecule has 0 atom stereocenters. The van der Waals surface area contributed by atoms with Crippen LogP contribution >= 0.6 is 34.8 Å². The van der Waals surface area contributed by atoms with E-state index in [1.54, 1.807) is 18.2 Å². The number of amides is 1. The van der Waals surface area contributed by atoms with E-state index in [1.165, 1.54) is 0 Å². The van der Waals surface area contributed by atoms with Crippen molar-refractivity contribution in [3.05, 3.63) is 57.5 Å². The van der Waals surface area contributed by atoms with Crippen LogP contribution < -0.4 is 10.2 Å². The van der Waals surface area contributed by atoms with Gasteiger partial charge in [0, 0.05) is 42.6 Å². The number of hydrogen-bond acceptors (Lipinski definition) is 3. The monoisotopic (exact) mass is 397 g/mol. The van der Waals surface area contributed by atoms with E-state index < -0.39 is 0 Å². The number of anilines is 2. The summed E-state index contributed by atoms with van der Waals surface area (Å²) in [6.07, 6.45) is 0. The molecule has 0 aliphatic carbocycles. The minimum Gasteiger partial charge on any atom is -0.376 e. The molecule has 132 valence electrons. The Morgan fingerprint density at radius 2 is 1.72 bits per heavy atom. The molecule has 4 nitrogen and oxygen atoms in total. The highest BCUT2D eigenvalue weighted by atomic mass is 35.5. The summed E-state index contributed by atoms with van der Waals surface area (Å²) in [4.78, 5) is 16.5. The molecule has 1 saturated heterocycles. The Kier molecular flexibility index (Phi) is 5.94. The van der Waals surface area contributed by atoms with Crippen LogP contribution in [0.25, 0.3) is 0 Å². The zero-order chi connectivity index (χ0) is 17.8. The van der Waals surface area contributed by atoms with Gasteiger partial charge < -0.3 is 15.1 Å². The highest BCUT2D eigenvalue weighted by Gasteiger charge is 2.21. The highest BCUT2D eigenvalue weighted by molar-refractivity contribution is 6.42. The van der Waals surface area contributed by atoms with E-state index in [0.717, 1.165) is 29.5 Å². The van der Waals surface area contributed by atoms with Gasteiger partial charge in [0.15, 0.2) is 0 Å². The lowest BCUT2D eigenvalue weighted by atomic mass is 10.2. The van der Waals surface area contributed by atoms with Gasteiger partial charge in [-0.3, -0.25) is 4.79 Å². The van der Waals surface area contributed by atoms with E-state index in [-0.39, 0.29) is 12.5 Å². The van der Waals surface area contributed by atoms with E-state index >= 15 is 0 Å². The lowest BCUT2D eigenvalue weighted by molar-refractivity contribution is -0.129. The molecule has 1 N–H and O–H groups in total. The van der Waals surface area contributed by atoms with Gasteiger partial charge in [0.25, 0.3) is 0 Å². The fraction of sp³-hybridized carbons (Fsp3) is 0.278. The normalized spacial score (nSPS) is 14.5. The smallest absolute Gasteiger partial charge is 0.241 e. The fourth-order valence-electron chi connectivity index (χ4n) is 2.78. The Hall–Kier alpha value is -1.62. The summed E-state index contributed by atoms with van der Waals surface area (Å²) in [5, 5.41) is 4.78. The predicted molar refractivity (Wildman–Crippen MR) is 105 cm³/mol. The second-order valence-electron chi connectivity index (χ2n) is 5.83. The summed E-state index contributed by atoms with van der Waals surface area (Å²) in [5.74, 6) is 0.0665. The van der Waals surface area contributed by atoms with E-state index in [1.807, 2.05) is 29.2 Å². The maximum atomic E-state index is 12.4. The Morgan fingerprint density at radius 1 is 0.960 bits per heavy atom. The van der Waals surface area contributed by atoms with Crippen LogP contribution in [0.2, 0.25) is 15.1 Å². The first kappa shape index (κ1) is 18.2. The molecule has 0 unspecified atom stereocenters. The zero-order valence-electron chi connectivity index (χ0n) is 13.5. The van der Waals surface area contributed by atoms with Gasteiger partial charge >= 0.3 is 0 Å². The summed E-state index contributed by atoms with van der Waals surface area (Å²) in [6.45, 7) is 3.19. The maximum Gasteiger partial charge on any atom is 0.241 e. The summed E-state index contributed by atoms with van der Waals surface area (Å²) < 4.78 is 0. The van der Waals surface area contributed by atoms with Crippen molar-refractivity contribution in [3.8, 4) is 0 Å². The molecule has 25 heavy (non-hydrogen) atoms. The molecule has 0 saturated carbocycles. The van der Waals surface area contributed by atoms with Crippen LogP contribution in [0.1, 0.15) is 0 Å². The van der Waals surface area contributed by atoms with E-state index in [9.17, 15) is 4.79 Å². The number of carbonyl (C=O) groups is 1. The molecule has 2 aromatic carbocycles. The molecule has 0 bridgehead atoms. The first-order valence-electron chi connectivity index (χ1n) is 8.00. The van der Waals surface area contributed by atoms with Gasteiger partial charge in [-0.05, 0) is 36.4 Å². The van der Waals surface area contributed by atoms with Gasteiger partial charge in [-0.25, -0.2) is 0 Å². The molecule has 1 heterocycles. The Labute approximate surface area is 162 Å². The van der Waals surface area contributed by atoms with Crippen LogP contribution in [0.3, 0.4) is 0 Å². The molecule has 1 amide bonds. The number of piperazine rings is 1. The first-order valence-corrected chi connectivity index (χ1v) is 9.13. The number of rotatable bonds is 4. The van der Waals surface area contributed by atoms with Crippen molar-refractivity contribution in [2.45, 2.75) is 0 Å². The van der Waals surface area contributed by atoms with Crippen LogP contribution in [-0.4, -0.2) is 43.5 Å². The average molecular weight is 399 g/mol. The van der Waals surface area contributed by atoms with E-state index in [0.29, 0.717) is 23.1 Å². The van der Waals surface area contributed by atoms with Crippen LogP contribution in [0.15, 0.2) is 42.5 Å². The first-order chi connectivity index (χ1) is 12.0. The molecule has 1 aliphatic rings. The molecule has 0 radical (unpaired) electrons. The molecule has 0 spiro atoms. The predicted octanol–water partition coefficient (Wildman–Crippen LogP) is 4.41. The molecule has 1 aliphatic heterocycles. The molecular formula is C18H18Cl3N3O. The van der Waals surface area contributed by atoms with Crippen molar-refractivity contribution in [2.24, 2.45) is 0 Å². The number of hydrogen-bond donors (Lipinski definition) is 1. The number of nitrogens with one attached hydrogen (secondary N) is 1. The number of carbonyl (C=O) groups excluding carboxylic acids is 1. The largest absolute Gasteiger partial charge is 0.376 e. The van der Waals surface area contributed by atoms with Crippen molar-refractivity contribution < 1.29 is 4.79 Å². The van der Waals surface area contributed by atoms with Crippen molar-refractivity contribution in [2.75, 3.05) is 42.9 Å². The number of halogens is 3. The SMILES string of the molecule is O=C(CNc1ccc(Cl)c(Cl)c1)N1CCN(c2cccc(Cl)c2)CC1. The lowest BCUT2D eigenvalue weighted by Gasteiger charge is -2.36. The molecular weight excluding hydrogens is 381 g/mol. The van der Waals surface area contributed by atoms with Crippen molar-refractivity contribution >= 4 is 52.1 Å². The minimum atomic E-state index is 0.0665. The average Bonchev–Trinajstić information content (AvgIpc) is 2.62. The molecule has 0 aromatic heterocycles. The van der Waals surface area contributed by atoms with Gasteiger partial charge in [-0.2, -0.15) is 0 Å². The Bertz CT molecular complexity index is 761. The minimum absolute atomic E-state index is 0.0665. The van der Waals surface area contributed by atoms with Gasteiger partial charge in [0.2, 0.25) is 5.91 Å². The third-order valence-electron chi connectivity index (χ3n) is 4.17. The quantitative estimate of drug-likeness (QED) is 0.829. The van der Waals surface area contributed by atoms with Crippen molar-refractivity contribution in [3.63, 3.8) is 0 Å². The van der Waals surface area contributed by atoms with Crippen molar-refractivity contribution in [1.82, 2.24) is 4.90 Å². The van der Waals surface area contributed by atoms with Crippen LogP contribution in [0.4, 0.5) is 11.4 Å². The summed E-state index contributed by atoms with van der Waals surface area (Å²) >= 11 is 17.9.